The molecule has 0 aromatic rings. The average molecular weight is 141 g/mol. The summed E-state index contributed by atoms with van der Waals surface area (Å²) in [5, 5.41) is 3.43. The number of rotatable bonds is 1. The van der Waals surface area contributed by atoms with Gasteiger partial charge in [0.15, 0.2) is 0 Å². The fourth-order valence-corrected chi connectivity index (χ4v) is 1.83. The standard InChI is InChI=1S/C8H15NO/c1-2-6-5-9-4-3-7-8(6)10-7/h6-9H,2-5H2,1H3. The van der Waals surface area contributed by atoms with E-state index in [1.54, 1.807) is 0 Å². The second-order valence-electron chi connectivity index (χ2n) is 3.30. The van der Waals surface area contributed by atoms with Gasteiger partial charge >= 0.3 is 0 Å². The zero-order valence-corrected chi connectivity index (χ0v) is 6.47. The lowest BCUT2D eigenvalue weighted by atomic mass is 10.0. The summed E-state index contributed by atoms with van der Waals surface area (Å²) in [7, 11) is 0. The molecule has 2 heterocycles. The Morgan fingerprint density at radius 1 is 1.60 bits per heavy atom. The molecule has 2 saturated heterocycles. The van der Waals surface area contributed by atoms with Gasteiger partial charge in [-0.1, -0.05) is 6.92 Å². The van der Waals surface area contributed by atoms with Crippen molar-refractivity contribution in [3.63, 3.8) is 0 Å². The highest BCUT2D eigenvalue weighted by Crippen LogP contribution is 2.34. The molecule has 0 radical (unpaired) electrons. The highest BCUT2D eigenvalue weighted by Gasteiger charge is 2.44. The van der Waals surface area contributed by atoms with Gasteiger partial charge in [-0.2, -0.15) is 0 Å². The average Bonchev–Trinajstić information content (AvgIpc) is 2.63. The summed E-state index contributed by atoms with van der Waals surface area (Å²) < 4.78 is 5.52. The van der Waals surface area contributed by atoms with Crippen LogP contribution >= 0.6 is 0 Å². The van der Waals surface area contributed by atoms with Crippen LogP contribution in [0.1, 0.15) is 19.8 Å². The van der Waals surface area contributed by atoms with Crippen LogP contribution < -0.4 is 5.32 Å². The van der Waals surface area contributed by atoms with Gasteiger partial charge in [0.25, 0.3) is 0 Å². The van der Waals surface area contributed by atoms with E-state index in [0.717, 1.165) is 19.0 Å². The fourth-order valence-electron chi connectivity index (χ4n) is 1.83. The monoisotopic (exact) mass is 141 g/mol. The first-order chi connectivity index (χ1) is 4.92. The summed E-state index contributed by atoms with van der Waals surface area (Å²) in [5.74, 6) is 0.785. The minimum Gasteiger partial charge on any atom is -0.369 e. The predicted molar refractivity (Wildman–Crippen MR) is 39.9 cm³/mol. The Morgan fingerprint density at radius 3 is 3.30 bits per heavy atom. The van der Waals surface area contributed by atoms with Gasteiger partial charge in [-0.05, 0) is 25.3 Å². The van der Waals surface area contributed by atoms with Crippen LogP contribution in [-0.4, -0.2) is 25.3 Å². The third-order valence-electron chi connectivity index (χ3n) is 2.62. The van der Waals surface area contributed by atoms with Crippen molar-refractivity contribution in [3.05, 3.63) is 0 Å². The van der Waals surface area contributed by atoms with E-state index in [2.05, 4.69) is 12.2 Å². The van der Waals surface area contributed by atoms with Crippen molar-refractivity contribution in [1.29, 1.82) is 0 Å². The molecular formula is C8H15NO. The van der Waals surface area contributed by atoms with Crippen molar-refractivity contribution in [2.24, 2.45) is 5.92 Å². The smallest absolute Gasteiger partial charge is 0.0882 e. The first kappa shape index (κ1) is 6.62. The van der Waals surface area contributed by atoms with Crippen molar-refractivity contribution >= 4 is 0 Å². The number of hydrogen-bond donors (Lipinski definition) is 1. The Balaban J connectivity index is 1.93. The summed E-state index contributed by atoms with van der Waals surface area (Å²) >= 11 is 0. The Morgan fingerprint density at radius 2 is 2.50 bits per heavy atom. The molecule has 10 heavy (non-hydrogen) atoms. The van der Waals surface area contributed by atoms with E-state index < -0.39 is 0 Å². The summed E-state index contributed by atoms with van der Waals surface area (Å²) in [6.45, 7) is 4.56. The van der Waals surface area contributed by atoms with Crippen LogP contribution in [0.3, 0.4) is 0 Å². The van der Waals surface area contributed by atoms with Crippen LogP contribution in [0.5, 0.6) is 0 Å². The van der Waals surface area contributed by atoms with Crippen molar-refractivity contribution in [2.75, 3.05) is 13.1 Å². The molecule has 2 rings (SSSR count). The van der Waals surface area contributed by atoms with Crippen LogP contribution in [0.4, 0.5) is 0 Å². The molecule has 1 N–H and O–H groups in total. The van der Waals surface area contributed by atoms with Crippen molar-refractivity contribution in [1.82, 2.24) is 5.32 Å². The Hall–Kier alpha value is -0.0800. The van der Waals surface area contributed by atoms with Gasteiger partial charge < -0.3 is 10.1 Å². The molecule has 0 aliphatic carbocycles. The predicted octanol–water partition coefficient (Wildman–Crippen LogP) is 0.773. The summed E-state index contributed by atoms with van der Waals surface area (Å²) in [5.41, 5.74) is 0. The zero-order chi connectivity index (χ0) is 6.97. The lowest BCUT2D eigenvalue weighted by molar-refractivity contribution is 0.287. The lowest BCUT2D eigenvalue weighted by Crippen LogP contribution is -2.23. The number of hydrogen-bond acceptors (Lipinski definition) is 2. The van der Waals surface area contributed by atoms with E-state index >= 15 is 0 Å². The van der Waals surface area contributed by atoms with Crippen molar-refractivity contribution in [3.8, 4) is 0 Å². The molecule has 2 fully saturated rings. The van der Waals surface area contributed by atoms with Crippen LogP contribution in [-0.2, 0) is 4.74 Å². The van der Waals surface area contributed by atoms with Gasteiger partial charge in [0, 0.05) is 6.54 Å². The van der Waals surface area contributed by atoms with Crippen molar-refractivity contribution in [2.45, 2.75) is 32.0 Å². The van der Waals surface area contributed by atoms with Crippen LogP contribution in [0.25, 0.3) is 0 Å². The molecule has 2 aliphatic heterocycles. The fraction of sp³-hybridized carbons (Fsp3) is 1.00. The van der Waals surface area contributed by atoms with Crippen LogP contribution in [0.15, 0.2) is 0 Å². The first-order valence-corrected chi connectivity index (χ1v) is 4.28. The van der Waals surface area contributed by atoms with E-state index in [-0.39, 0.29) is 0 Å². The maximum atomic E-state index is 5.52. The molecule has 0 bridgehead atoms. The molecule has 58 valence electrons. The number of ether oxygens (including phenoxy) is 1. The molecular weight excluding hydrogens is 126 g/mol. The Bertz CT molecular complexity index is 126. The number of epoxide rings is 1. The SMILES string of the molecule is CCC1CNCCC2OC12. The summed E-state index contributed by atoms with van der Waals surface area (Å²) in [6, 6.07) is 0. The van der Waals surface area contributed by atoms with Crippen molar-refractivity contribution < 1.29 is 4.74 Å². The van der Waals surface area contributed by atoms with E-state index in [4.69, 9.17) is 4.74 Å². The zero-order valence-electron chi connectivity index (χ0n) is 6.47. The second-order valence-corrected chi connectivity index (χ2v) is 3.30. The molecule has 3 unspecified atom stereocenters. The third-order valence-corrected chi connectivity index (χ3v) is 2.62. The molecule has 0 aromatic heterocycles. The Labute approximate surface area is 61.9 Å². The third kappa shape index (κ3) is 1.06. The maximum Gasteiger partial charge on any atom is 0.0882 e. The quantitative estimate of drug-likeness (QED) is 0.546. The van der Waals surface area contributed by atoms with Gasteiger partial charge in [0.05, 0.1) is 12.2 Å². The highest BCUT2D eigenvalue weighted by molar-refractivity contribution is 4.93. The molecule has 0 spiro atoms. The van der Waals surface area contributed by atoms with E-state index in [1.807, 2.05) is 0 Å². The van der Waals surface area contributed by atoms with E-state index in [9.17, 15) is 0 Å². The van der Waals surface area contributed by atoms with E-state index in [1.165, 1.54) is 12.8 Å². The molecule has 3 atom stereocenters. The maximum absolute atomic E-state index is 5.52. The minimum atomic E-state index is 0.611. The Kier molecular flexibility index (Phi) is 1.66. The van der Waals surface area contributed by atoms with Crippen LogP contribution in [0.2, 0.25) is 0 Å². The van der Waals surface area contributed by atoms with Gasteiger partial charge in [0.2, 0.25) is 0 Å². The molecule has 0 amide bonds. The van der Waals surface area contributed by atoms with Gasteiger partial charge in [-0.15, -0.1) is 0 Å². The lowest BCUT2D eigenvalue weighted by Gasteiger charge is -2.09. The molecule has 2 aliphatic rings. The largest absolute Gasteiger partial charge is 0.369 e. The normalized spacial score (nSPS) is 45.9. The minimum absolute atomic E-state index is 0.611. The number of fused-ring (bicyclic) bond motifs is 1. The van der Waals surface area contributed by atoms with Gasteiger partial charge in [-0.25, -0.2) is 0 Å². The van der Waals surface area contributed by atoms with Gasteiger partial charge in [-0.3, -0.25) is 0 Å². The molecule has 2 heteroatoms. The highest BCUT2D eigenvalue weighted by atomic mass is 16.6. The number of nitrogens with one attached hydrogen (secondary N) is 1. The van der Waals surface area contributed by atoms with E-state index in [0.29, 0.717) is 12.2 Å². The second kappa shape index (κ2) is 2.51. The molecule has 0 aromatic carbocycles. The van der Waals surface area contributed by atoms with Crippen LogP contribution in [0, 0.1) is 5.92 Å². The summed E-state index contributed by atoms with van der Waals surface area (Å²) in [6.07, 6.45) is 3.70. The topological polar surface area (TPSA) is 24.6 Å². The first-order valence-electron chi connectivity index (χ1n) is 4.28. The molecule has 0 saturated carbocycles. The van der Waals surface area contributed by atoms with Gasteiger partial charge in [0.1, 0.15) is 0 Å². The summed E-state index contributed by atoms with van der Waals surface area (Å²) in [4.78, 5) is 0. The molecule has 2 nitrogen and oxygen atoms in total.